The van der Waals surface area contributed by atoms with Gasteiger partial charge in [-0.05, 0) is 51.3 Å². The third-order valence-corrected chi connectivity index (χ3v) is 5.43. The van der Waals surface area contributed by atoms with Crippen LogP contribution in [0.1, 0.15) is 45.4 Å². The van der Waals surface area contributed by atoms with Gasteiger partial charge in [0.15, 0.2) is 0 Å². The van der Waals surface area contributed by atoms with E-state index in [1.807, 2.05) is 11.8 Å². The third kappa shape index (κ3) is 2.79. The van der Waals surface area contributed by atoms with Crippen molar-refractivity contribution in [1.82, 2.24) is 10.6 Å². The molecule has 1 saturated heterocycles. The minimum absolute atomic E-state index is 0.240. The maximum absolute atomic E-state index is 12.4. The molecule has 0 aromatic carbocycles. The zero-order chi connectivity index (χ0) is 12.3. The smallest absolute Gasteiger partial charge is 0.240 e. The molecule has 3 nitrogen and oxygen atoms in total. The van der Waals surface area contributed by atoms with Crippen LogP contribution >= 0.6 is 11.8 Å². The number of rotatable bonds is 4. The van der Waals surface area contributed by atoms with Crippen molar-refractivity contribution in [3.8, 4) is 0 Å². The average Bonchev–Trinajstić information content (AvgIpc) is 2.97. The molecule has 0 aromatic heterocycles. The number of thioether (sulfide) groups is 1. The number of hydrogen-bond acceptors (Lipinski definition) is 3. The molecule has 2 fully saturated rings. The molecule has 1 saturated carbocycles. The largest absolute Gasteiger partial charge is 0.352 e. The Labute approximate surface area is 108 Å². The van der Waals surface area contributed by atoms with Gasteiger partial charge in [-0.2, -0.15) is 11.8 Å². The van der Waals surface area contributed by atoms with E-state index in [1.54, 1.807) is 0 Å². The lowest BCUT2D eigenvalue weighted by Crippen LogP contribution is -2.55. The summed E-state index contributed by atoms with van der Waals surface area (Å²) in [5.74, 6) is 0.240. The number of amides is 1. The topological polar surface area (TPSA) is 41.1 Å². The third-order valence-electron chi connectivity index (χ3n) is 4.33. The summed E-state index contributed by atoms with van der Waals surface area (Å²) in [6.45, 7) is 3.09. The van der Waals surface area contributed by atoms with Gasteiger partial charge in [0.05, 0.1) is 5.54 Å². The van der Waals surface area contributed by atoms with Crippen LogP contribution in [0.2, 0.25) is 0 Å². The van der Waals surface area contributed by atoms with Crippen LogP contribution in [0.25, 0.3) is 0 Å². The Morgan fingerprint density at radius 2 is 2.35 bits per heavy atom. The van der Waals surface area contributed by atoms with Gasteiger partial charge in [0, 0.05) is 11.3 Å². The van der Waals surface area contributed by atoms with Crippen molar-refractivity contribution in [2.75, 3.05) is 12.8 Å². The normalized spacial score (nSPS) is 37.3. The van der Waals surface area contributed by atoms with Crippen LogP contribution in [0.15, 0.2) is 0 Å². The average molecular weight is 256 g/mol. The van der Waals surface area contributed by atoms with Crippen LogP contribution in [-0.4, -0.2) is 35.5 Å². The van der Waals surface area contributed by atoms with E-state index >= 15 is 0 Å². The summed E-state index contributed by atoms with van der Waals surface area (Å²) in [7, 11) is 0. The first kappa shape index (κ1) is 13.2. The number of nitrogens with one attached hydrogen (secondary N) is 2. The SMILES string of the molecule is CCC1(C(=O)NC2CCC(SC)C2)CCCN1. The summed E-state index contributed by atoms with van der Waals surface area (Å²) in [6, 6.07) is 0.408. The standard InChI is InChI=1S/C13H24N2OS/c1-3-13(7-4-8-14-13)12(16)15-10-5-6-11(9-10)17-2/h10-11,14H,3-9H2,1-2H3,(H,15,16). The Morgan fingerprint density at radius 3 is 2.88 bits per heavy atom. The zero-order valence-corrected chi connectivity index (χ0v) is 11.7. The molecule has 1 aliphatic heterocycles. The van der Waals surface area contributed by atoms with Crippen LogP contribution in [0, 0.1) is 0 Å². The summed E-state index contributed by atoms with van der Waals surface area (Å²) < 4.78 is 0. The fourth-order valence-electron chi connectivity index (χ4n) is 3.07. The molecule has 4 heteroatoms. The van der Waals surface area contributed by atoms with Crippen molar-refractivity contribution in [3.05, 3.63) is 0 Å². The highest BCUT2D eigenvalue weighted by molar-refractivity contribution is 7.99. The van der Waals surface area contributed by atoms with Crippen LogP contribution in [0.3, 0.4) is 0 Å². The molecular formula is C13H24N2OS. The molecular weight excluding hydrogens is 232 g/mol. The summed E-state index contributed by atoms with van der Waals surface area (Å²) in [6.07, 6.45) is 8.73. The van der Waals surface area contributed by atoms with E-state index in [0.717, 1.165) is 43.9 Å². The number of carbonyl (C=O) groups is 1. The molecule has 3 atom stereocenters. The first-order chi connectivity index (χ1) is 8.20. The van der Waals surface area contributed by atoms with Gasteiger partial charge in [-0.3, -0.25) is 4.79 Å². The molecule has 2 aliphatic rings. The fourth-order valence-corrected chi connectivity index (χ4v) is 3.87. The minimum atomic E-state index is -0.266. The van der Waals surface area contributed by atoms with Gasteiger partial charge in [0.25, 0.3) is 0 Å². The number of carbonyl (C=O) groups excluding carboxylic acids is 1. The fraction of sp³-hybridized carbons (Fsp3) is 0.923. The molecule has 2 N–H and O–H groups in total. The van der Waals surface area contributed by atoms with Crippen LogP contribution in [0.5, 0.6) is 0 Å². The Balaban J connectivity index is 1.88. The molecule has 98 valence electrons. The van der Waals surface area contributed by atoms with Gasteiger partial charge < -0.3 is 10.6 Å². The van der Waals surface area contributed by atoms with Crippen LogP contribution < -0.4 is 10.6 Å². The molecule has 0 bridgehead atoms. The highest BCUT2D eigenvalue weighted by Gasteiger charge is 2.40. The molecule has 1 heterocycles. The van der Waals surface area contributed by atoms with Crippen molar-refractivity contribution in [1.29, 1.82) is 0 Å². The second kappa shape index (κ2) is 5.61. The van der Waals surface area contributed by atoms with Gasteiger partial charge >= 0.3 is 0 Å². The first-order valence-corrected chi connectivity index (χ1v) is 8.08. The van der Waals surface area contributed by atoms with E-state index in [-0.39, 0.29) is 11.4 Å². The maximum atomic E-state index is 12.4. The van der Waals surface area contributed by atoms with Gasteiger partial charge in [-0.1, -0.05) is 6.92 Å². The Bertz CT molecular complexity index is 277. The van der Waals surface area contributed by atoms with E-state index < -0.39 is 0 Å². The lowest BCUT2D eigenvalue weighted by molar-refractivity contribution is -0.128. The molecule has 3 unspecified atom stereocenters. The highest BCUT2D eigenvalue weighted by atomic mass is 32.2. The molecule has 0 aromatic rings. The predicted molar refractivity (Wildman–Crippen MR) is 73.3 cm³/mol. The highest BCUT2D eigenvalue weighted by Crippen LogP contribution is 2.29. The summed E-state index contributed by atoms with van der Waals surface area (Å²) in [5, 5.41) is 7.41. The summed E-state index contributed by atoms with van der Waals surface area (Å²) in [5.41, 5.74) is -0.266. The molecule has 1 aliphatic carbocycles. The van der Waals surface area contributed by atoms with E-state index in [4.69, 9.17) is 0 Å². The first-order valence-electron chi connectivity index (χ1n) is 6.79. The molecule has 1 amide bonds. The molecule has 0 radical (unpaired) electrons. The van der Waals surface area contributed by atoms with Crippen LogP contribution in [-0.2, 0) is 4.79 Å². The van der Waals surface area contributed by atoms with Gasteiger partial charge in [-0.25, -0.2) is 0 Å². The molecule has 17 heavy (non-hydrogen) atoms. The van der Waals surface area contributed by atoms with Gasteiger partial charge in [0.2, 0.25) is 5.91 Å². The minimum Gasteiger partial charge on any atom is -0.352 e. The monoisotopic (exact) mass is 256 g/mol. The Kier molecular flexibility index (Phi) is 4.36. The number of hydrogen-bond donors (Lipinski definition) is 2. The van der Waals surface area contributed by atoms with E-state index in [1.165, 1.54) is 6.42 Å². The van der Waals surface area contributed by atoms with Crippen molar-refractivity contribution < 1.29 is 4.79 Å². The van der Waals surface area contributed by atoms with E-state index in [2.05, 4.69) is 23.8 Å². The van der Waals surface area contributed by atoms with Crippen LogP contribution in [0.4, 0.5) is 0 Å². The second-order valence-corrected chi connectivity index (χ2v) is 6.45. The summed E-state index contributed by atoms with van der Waals surface area (Å²) in [4.78, 5) is 12.4. The van der Waals surface area contributed by atoms with E-state index in [0.29, 0.717) is 6.04 Å². The Hall–Kier alpha value is -0.220. The quantitative estimate of drug-likeness (QED) is 0.807. The van der Waals surface area contributed by atoms with Crippen molar-refractivity contribution in [2.45, 2.75) is 62.3 Å². The van der Waals surface area contributed by atoms with Crippen molar-refractivity contribution in [3.63, 3.8) is 0 Å². The summed E-state index contributed by atoms with van der Waals surface area (Å²) >= 11 is 1.93. The lowest BCUT2D eigenvalue weighted by atomic mass is 9.92. The van der Waals surface area contributed by atoms with E-state index in [9.17, 15) is 4.79 Å². The maximum Gasteiger partial charge on any atom is 0.240 e. The predicted octanol–water partition coefficient (Wildman–Crippen LogP) is 1.92. The molecule has 2 rings (SSSR count). The van der Waals surface area contributed by atoms with Crippen molar-refractivity contribution >= 4 is 17.7 Å². The van der Waals surface area contributed by atoms with Gasteiger partial charge in [-0.15, -0.1) is 0 Å². The second-order valence-electron chi connectivity index (χ2n) is 5.31. The zero-order valence-electron chi connectivity index (χ0n) is 10.9. The Morgan fingerprint density at radius 1 is 1.53 bits per heavy atom. The molecule has 0 spiro atoms. The van der Waals surface area contributed by atoms with Gasteiger partial charge in [0.1, 0.15) is 0 Å². The lowest BCUT2D eigenvalue weighted by Gasteiger charge is -2.28. The van der Waals surface area contributed by atoms with Crippen molar-refractivity contribution in [2.24, 2.45) is 0 Å².